The Morgan fingerprint density at radius 2 is 1.88 bits per heavy atom. The van der Waals surface area contributed by atoms with Crippen LogP contribution in [-0.4, -0.2) is 19.3 Å². The summed E-state index contributed by atoms with van der Waals surface area (Å²) in [5.74, 6) is -2.95. The summed E-state index contributed by atoms with van der Waals surface area (Å²) in [6.07, 6.45) is -3.95. The van der Waals surface area contributed by atoms with E-state index in [1.807, 2.05) is 0 Å². The van der Waals surface area contributed by atoms with E-state index in [0.717, 1.165) is 12.3 Å². The van der Waals surface area contributed by atoms with E-state index < -0.39 is 43.9 Å². The van der Waals surface area contributed by atoms with Gasteiger partial charge in [0.15, 0.2) is 0 Å². The summed E-state index contributed by atoms with van der Waals surface area (Å²) < 4.78 is 77.0. The number of amides is 1. The first kappa shape index (κ1) is 19.6. The number of halogens is 6. The van der Waals surface area contributed by atoms with Gasteiger partial charge in [0.2, 0.25) is 0 Å². The molecule has 1 aromatic heterocycles. The van der Waals surface area contributed by atoms with Crippen LogP contribution in [0.4, 0.5) is 17.6 Å². The summed E-state index contributed by atoms with van der Waals surface area (Å²) in [4.78, 5) is 15.0. The fourth-order valence-electron chi connectivity index (χ4n) is 1.66. The predicted molar refractivity (Wildman–Crippen MR) is 83.0 cm³/mol. The number of benzene rings is 1. The number of aromatic nitrogens is 1. The minimum Gasteiger partial charge on any atom is -0.268 e. The van der Waals surface area contributed by atoms with Crippen molar-refractivity contribution in [1.82, 2.24) is 9.71 Å². The zero-order valence-electron chi connectivity index (χ0n) is 11.7. The van der Waals surface area contributed by atoms with Gasteiger partial charge in [0, 0.05) is 6.20 Å². The summed E-state index contributed by atoms with van der Waals surface area (Å²) in [7, 11) is -4.44. The highest BCUT2D eigenvalue weighted by Crippen LogP contribution is 2.30. The van der Waals surface area contributed by atoms with Crippen LogP contribution < -0.4 is 4.72 Å². The zero-order valence-corrected chi connectivity index (χ0v) is 14.9. The van der Waals surface area contributed by atoms with Crippen LogP contribution in [0.5, 0.6) is 0 Å². The van der Waals surface area contributed by atoms with Crippen LogP contribution in [0.1, 0.15) is 15.9 Å². The summed E-state index contributed by atoms with van der Waals surface area (Å²) in [6.45, 7) is 0. The molecule has 1 aromatic carbocycles. The monoisotopic (exact) mass is 460 g/mol. The van der Waals surface area contributed by atoms with Crippen LogP contribution in [0.15, 0.2) is 39.8 Å². The van der Waals surface area contributed by atoms with Gasteiger partial charge >= 0.3 is 6.18 Å². The molecule has 0 aliphatic rings. The Bertz CT molecular complexity index is 951. The maximum Gasteiger partial charge on any atom is 0.416 e. The Balaban J connectivity index is 2.31. The second-order valence-corrected chi connectivity index (χ2v) is 7.47. The standard InChI is InChI=1S/C13H6BrClF4N2O3S/c14-9-4-7(5-20-11(9)15)25(23,24)21-12(22)8-2-1-6(3-10(8)16)13(17,18)19/h1-5H,(H,21,22). The third-order valence-corrected chi connectivity index (χ3v) is 5.28. The predicted octanol–water partition coefficient (Wildman–Crippen LogP) is 3.77. The van der Waals surface area contributed by atoms with Gasteiger partial charge in [-0.3, -0.25) is 4.79 Å². The lowest BCUT2D eigenvalue weighted by Crippen LogP contribution is -2.31. The van der Waals surface area contributed by atoms with E-state index in [0.29, 0.717) is 12.1 Å². The molecule has 5 nitrogen and oxygen atoms in total. The molecule has 0 atom stereocenters. The van der Waals surface area contributed by atoms with Crippen LogP contribution >= 0.6 is 27.5 Å². The van der Waals surface area contributed by atoms with Gasteiger partial charge in [0.1, 0.15) is 15.9 Å². The number of sulfonamides is 1. The van der Waals surface area contributed by atoms with E-state index in [9.17, 15) is 30.8 Å². The number of nitrogens with one attached hydrogen (secondary N) is 1. The largest absolute Gasteiger partial charge is 0.416 e. The Morgan fingerprint density at radius 3 is 2.40 bits per heavy atom. The van der Waals surface area contributed by atoms with Gasteiger partial charge in [-0.1, -0.05) is 11.6 Å². The van der Waals surface area contributed by atoms with Crippen LogP contribution in [0.3, 0.4) is 0 Å². The van der Waals surface area contributed by atoms with Crippen LogP contribution in [0.25, 0.3) is 0 Å². The number of alkyl halides is 3. The fourth-order valence-corrected chi connectivity index (χ4v) is 3.20. The summed E-state index contributed by atoms with van der Waals surface area (Å²) in [5.41, 5.74) is -2.17. The van der Waals surface area contributed by atoms with Crippen molar-refractivity contribution in [2.24, 2.45) is 0 Å². The highest BCUT2D eigenvalue weighted by Gasteiger charge is 2.32. The molecule has 0 unspecified atom stereocenters. The van der Waals surface area contributed by atoms with Gasteiger partial charge in [-0.05, 0) is 40.2 Å². The lowest BCUT2D eigenvalue weighted by Gasteiger charge is -2.10. The zero-order chi connectivity index (χ0) is 19.0. The normalized spacial score (nSPS) is 12.1. The number of rotatable bonds is 3. The van der Waals surface area contributed by atoms with Crippen molar-refractivity contribution in [3.8, 4) is 0 Å². The van der Waals surface area contributed by atoms with Crippen molar-refractivity contribution in [3.63, 3.8) is 0 Å². The SMILES string of the molecule is O=C(NS(=O)(=O)c1cnc(Cl)c(Br)c1)c1ccc(C(F)(F)F)cc1F. The molecule has 0 saturated heterocycles. The van der Waals surface area contributed by atoms with Crippen molar-refractivity contribution in [2.75, 3.05) is 0 Å². The van der Waals surface area contributed by atoms with E-state index in [2.05, 4.69) is 20.9 Å². The molecule has 25 heavy (non-hydrogen) atoms. The van der Waals surface area contributed by atoms with E-state index in [1.54, 1.807) is 4.72 Å². The van der Waals surface area contributed by atoms with E-state index in [1.165, 1.54) is 0 Å². The highest BCUT2D eigenvalue weighted by molar-refractivity contribution is 9.10. The quantitative estimate of drug-likeness (QED) is 0.558. The molecule has 0 fully saturated rings. The lowest BCUT2D eigenvalue weighted by molar-refractivity contribution is -0.137. The molecule has 2 rings (SSSR count). The topological polar surface area (TPSA) is 76.1 Å². The molecule has 0 aliphatic carbocycles. The molecule has 0 spiro atoms. The molecule has 0 aliphatic heterocycles. The highest BCUT2D eigenvalue weighted by atomic mass is 79.9. The van der Waals surface area contributed by atoms with Gasteiger partial charge in [-0.25, -0.2) is 22.5 Å². The number of pyridine rings is 1. The molecular formula is C13H6BrClF4N2O3S. The maximum atomic E-state index is 13.7. The molecule has 12 heteroatoms. The third kappa shape index (κ3) is 4.47. The Labute approximate surface area is 152 Å². The van der Waals surface area contributed by atoms with Crippen molar-refractivity contribution in [1.29, 1.82) is 0 Å². The van der Waals surface area contributed by atoms with Crippen molar-refractivity contribution < 1.29 is 30.8 Å². The maximum absolute atomic E-state index is 13.7. The Morgan fingerprint density at radius 1 is 1.24 bits per heavy atom. The van der Waals surface area contributed by atoms with Crippen molar-refractivity contribution in [3.05, 3.63) is 57.0 Å². The minimum absolute atomic E-state index is 0.0286. The first-order valence-electron chi connectivity index (χ1n) is 6.17. The number of carbonyl (C=O) groups excluding carboxylic acids is 1. The van der Waals surface area contributed by atoms with Gasteiger partial charge < -0.3 is 0 Å². The molecule has 2 aromatic rings. The van der Waals surface area contributed by atoms with E-state index in [-0.39, 0.29) is 15.7 Å². The van der Waals surface area contributed by atoms with E-state index in [4.69, 9.17) is 11.6 Å². The molecule has 1 heterocycles. The summed E-state index contributed by atoms with van der Waals surface area (Å²) in [6, 6.07) is 2.15. The van der Waals surface area contributed by atoms with Crippen molar-refractivity contribution in [2.45, 2.75) is 11.1 Å². The number of nitrogens with zero attached hydrogens (tertiary/aromatic N) is 1. The molecule has 0 saturated carbocycles. The first-order valence-corrected chi connectivity index (χ1v) is 8.82. The number of hydrogen-bond acceptors (Lipinski definition) is 4. The first-order chi connectivity index (χ1) is 11.4. The van der Waals surface area contributed by atoms with E-state index >= 15 is 0 Å². The molecule has 1 amide bonds. The van der Waals surface area contributed by atoms with Gasteiger partial charge in [0.05, 0.1) is 15.6 Å². The van der Waals surface area contributed by atoms with Gasteiger partial charge in [-0.15, -0.1) is 0 Å². The van der Waals surface area contributed by atoms with Crippen LogP contribution in [0.2, 0.25) is 5.15 Å². The third-order valence-electron chi connectivity index (χ3n) is 2.85. The van der Waals surface area contributed by atoms with Gasteiger partial charge in [0.25, 0.3) is 15.9 Å². The smallest absolute Gasteiger partial charge is 0.268 e. The molecule has 0 radical (unpaired) electrons. The average Bonchev–Trinajstić information content (AvgIpc) is 2.48. The Hall–Kier alpha value is -1.72. The lowest BCUT2D eigenvalue weighted by atomic mass is 10.1. The Kier molecular flexibility index (Phi) is 5.40. The molecule has 1 N–H and O–H groups in total. The molecule has 0 bridgehead atoms. The number of carbonyl (C=O) groups is 1. The van der Waals surface area contributed by atoms with Crippen LogP contribution in [0, 0.1) is 5.82 Å². The second kappa shape index (κ2) is 6.89. The minimum atomic E-state index is -4.80. The molecule has 134 valence electrons. The number of hydrogen-bond donors (Lipinski definition) is 1. The van der Waals surface area contributed by atoms with Crippen molar-refractivity contribution >= 4 is 43.5 Å². The summed E-state index contributed by atoms with van der Waals surface area (Å²) in [5, 5.41) is -0.0286. The second-order valence-electron chi connectivity index (χ2n) is 4.57. The average molecular weight is 462 g/mol. The fraction of sp³-hybridized carbons (Fsp3) is 0.0769. The summed E-state index contributed by atoms with van der Waals surface area (Å²) >= 11 is 8.57. The van der Waals surface area contributed by atoms with Gasteiger partial charge in [-0.2, -0.15) is 13.2 Å². The molecular weight excluding hydrogens is 456 g/mol. The van der Waals surface area contributed by atoms with Crippen LogP contribution in [-0.2, 0) is 16.2 Å².